The highest BCUT2D eigenvalue weighted by atomic mass is 35.5. The van der Waals surface area contributed by atoms with Gasteiger partial charge in [-0.25, -0.2) is 9.97 Å². The summed E-state index contributed by atoms with van der Waals surface area (Å²) in [6.45, 7) is 0.455. The van der Waals surface area contributed by atoms with E-state index in [1.165, 1.54) is 12.4 Å². The third-order valence-corrected chi connectivity index (χ3v) is 1.80. The van der Waals surface area contributed by atoms with Gasteiger partial charge in [0, 0.05) is 13.0 Å². The van der Waals surface area contributed by atoms with Gasteiger partial charge in [-0.15, -0.1) is 0 Å². The van der Waals surface area contributed by atoms with E-state index in [2.05, 4.69) is 15.3 Å². The van der Waals surface area contributed by atoms with Gasteiger partial charge in [0.05, 0.1) is 18.5 Å². The molecule has 0 saturated heterocycles. The molecule has 1 amide bonds. The minimum atomic E-state index is -0.308. The molecular formula is C9H9ClN4O. The Balaban J connectivity index is 2.41. The summed E-state index contributed by atoms with van der Waals surface area (Å²) in [5.41, 5.74) is 0.219. The first-order valence-electron chi connectivity index (χ1n) is 4.36. The lowest BCUT2D eigenvalue weighted by molar-refractivity contribution is 0.0948. The van der Waals surface area contributed by atoms with Crippen molar-refractivity contribution in [1.82, 2.24) is 15.3 Å². The molecule has 0 aromatic carbocycles. The van der Waals surface area contributed by atoms with Crippen molar-refractivity contribution in [3.05, 3.63) is 23.2 Å². The highest BCUT2D eigenvalue weighted by Gasteiger charge is 2.06. The normalized spacial score (nSPS) is 9.33. The van der Waals surface area contributed by atoms with E-state index in [0.29, 0.717) is 19.4 Å². The number of hydrogen-bond donors (Lipinski definition) is 1. The van der Waals surface area contributed by atoms with E-state index in [4.69, 9.17) is 16.9 Å². The van der Waals surface area contributed by atoms with Crippen LogP contribution in [-0.2, 0) is 0 Å². The summed E-state index contributed by atoms with van der Waals surface area (Å²) in [6.07, 6.45) is 3.67. The Morgan fingerprint density at radius 2 is 2.33 bits per heavy atom. The van der Waals surface area contributed by atoms with Gasteiger partial charge in [0.2, 0.25) is 0 Å². The number of aromatic nitrogens is 2. The van der Waals surface area contributed by atoms with E-state index in [1.54, 1.807) is 0 Å². The zero-order valence-corrected chi connectivity index (χ0v) is 8.66. The number of unbranched alkanes of at least 4 members (excludes halogenated alkanes) is 1. The lowest BCUT2D eigenvalue weighted by Gasteiger charge is -2.01. The second-order valence-corrected chi connectivity index (χ2v) is 3.13. The summed E-state index contributed by atoms with van der Waals surface area (Å²) in [5.74, 6) is -0.308. The summed E-state index contributed by atoms with van der Waals surface area (Å²) < 4.78 is 0. The molecule has 0 aliphatic carbocycles. The third kappa shape index (κ3) is 3.92. The average Bonchev–Trinajstić information content (AvgIpc) is 2.25. The van der Waals surface area contributed by atoms with E-state index < -0.39 is 0 Å². The van der Waals surface area contributed by atoms with Gasteiger partial charge in [0.25, 0.3) is 5.91 Å². The topological polar surface area (TPSA) is 78.7 Å². The Morgan fingerprint density at radius 3 is 2.93 bits per heavy atom. The summed E-state index contributed by atoms with van der Waals surface area (Å²) >= 11 is 5.52. The Morgan fingerprint density at radius 1 is 1.53 bits per heavy atom. The highest BCUT2D eigenvalue weighted by Crippen LogP contribution is 2.00. The van der Waals surface area contributed by atoms with Gasteiger partial charge in [-0.2, -0.15) is 5.26 Å². The van der Waals surface area contributed by atoms with Crippen LogP contribution in [-0.4, -0.2) is 22.4 Å². The SMILES string of the molecule is N#CCCCNC(=O)c1cnc(Cl)cn1. The molecule has 0 atom stereocenters. The highest BCUT2D eigenvalue weighted by molar-refractivity contribution is 6.29. The van der Waals surface area contributed by atoms with Crippen molar-refractivity contribution in [1.29, 1.82) is 5.26 Å². The first kappa shape index (κ1) is 11.4. The molecule has 0 spiro atoms. The zero-order chi connectivity index (χ0) is 11.1. The van der Waals surface area contributed by atoms with Gasteiger partial charge in [-0.1, -0.05) is 11.6 Å². The first-order chi connectivity index (χ1) is 7.24. The van der Waals surface area contributed by atoms with Gasteiger partial charge in [0.1, 0.15) is 10.8 Å². The fourth-order valence-electron chi connectivity index (χ4n) is 0.889. The fraction of sp³-hybridized carbons (Fsp3) is 0.333. The van der Waals surface area contributed by atoms with Crippen LogP contribution in [0.15, 0.2) is 12.4 Å². The Hall–Kier alpha value is -1.67. The number of halogens is 1. The van der Waals surface area contributed by atoms with Crippen LogP contribution in [0.1, 0.15) is 23.3 Å². The molecular weight excluding hydrogens is 216 g/mol. The lowest BCUT2D eigenvalue weighted by atomic mass is 10.3. The third-order valence-electron chi connectivity index (χ3n) is 1.60. The van der Waals surface area contributed by atoms with Crippen molar-refractivity contribution >= 4 is 17.5 Å². The minimum absolute atomic E-state index is 0.219. The van der Waals surface area contributed by atoms with Crippen molar-refractivity contribution in [3.8, 4) is 6.07 Å². The van der Waals surface area contributed by atoms with Crippen molar-refractivity contribution in [2.45, 2.75) is 12.8 Å². The van der Waals surface area contributed by atoms with Crippen molar-refractivity contribution in [2.24, 2.45) is 0 Å². The molecule has 1 heterocycles. The van der Waals surface area contributed by atoms with Crippen LogP contribution in [0.2, 0.25) is 5.15 Å². The summed E-state index contributed by atoms with van der Waals surface area (Å²) in [6, 6.07) is 1.99. The molecule has 78 valence electrons. The zero-order valence-electron chi connectivity index (χ0n) is 7.90. The number of hydrogen-bond acceptors (Lipinski definition) is 4. The average molecular weight is 225 g/mol. The van der Waals surface area contributed by atoms with Crippen molar-refractivity contribution in [2.75, 3.05) is 6.54 Å². The Labute approximate surface area is 92.1 Å². The van der Waals surface area contributed by atoms with E-state index in [-0.39, 0.29) is 16.8 Å². The number of carbonyl (C=O) groups excluding carboxylic acids is 1. The van der Waals surface area contributed by atoms with Gasteiger partial charge in [0.15, 0.2) is 0 Å². The fourth-order valence-corrected chi connectivity index (χ4v) is 0.987. The molecule has 15 heavy (non-hydrogen) atoms. The number of nitrogens with zero attached hydrogens (tertiary/aromatic N) is 3. The van der Waals surface area contributed by atoms with Gasteiger partial charge in [-0.3, -0.25) is 4.79 Å². The largest absolute Gasteiger partial charge is 0.351 e. The molecule has 1 aromatic rings. The van der Waals surface area contributed by atoms with E-state index in [1.807, 2.05) is 6.07 Å². The van der Waals surface area contributed by atoms with Crippen LogP contribution in [0.25, 0.3) is 0 Å². The summed E-state index contributed by atoms with van der Waals surface area (Å²) in [7, 11) is 0. The van der Waals surface area contributed by atoms with Gasteiger partial charge < -0.3 is 5.32 Å². The molecule has 0 aliphatic rings. The predicted molar refractivity (Wildman–Crippen MR) is 54.2 cm³/mol. The van der Waals surface area contributed by atoms with Gasteiger partial charge in [-0.05, 0) is 6.42 Å². The molecule has 1 aromatic heterocycles. The number of amides is 1. The Kier molecular flexibility index (Phi) is 4.51. The van der Waals surface area contributed by atoms with Gasteiger partial charge >= 0.3 is 0 Å². The van der Waals surface area contributed by atoms with Crippen LogP contribution in [0.5, 0.6) is 0 Å². The summed E-state index contributed by atoms with van der Waals surface area (Å²) in [5, 5.41) is 11.1. The van der Waals surface area contributed by atoms with Crippen LogP contribution in [0.3, 0.4) is 0 Å². The maximum Gasteiger partial charge on any atom is 0.271 e. The molecule has 0 bridgehead atoms. The Bertz CT molecular complexity index is 371. The van der Waals surface area contributed by atoms with Crippen LogP contribution in [0.4, 0.5) is 0 Å². The van der Waals surface area contributed by atoms with Crippen molar-refractivity contribution in [3.63, 3.8) is 0 Å². The smallest absolute Gasteiger partial charge is 0.271 e. The maximum atomic E-state index is 11.4. The number of nitriles is 1. The molecule has 6 heteroatoms. The predicted octanol–water partition coefficient (Wildman–Crippen LogP) is 1.16. The van der Waals surface area contributed by atoms with Crippen LogP contribution < -0.4 is 5.32 Å². The van der Waals surface area contributed by atoms with Crippen LogP contribution in [0, 0.1) is 11.3 Å². The first-order valence-corrected chi connectivity index (χ1v) is 4.74. The minimum Gasteiger partial charge on any atom is -0.351 e. The molecule has 0 unspecified atom stereocenters. The second-order valence-electron chi connectivity index (χ2n) is 2.74. The monoisotopic (exact) mass is 224 g/mol. The number of carbonyl (C=O) groups is 1. The number of nitrogens with one attached hydrogen (secondary N) is 1. The molecule has 0 saturated carbocycles. The van der Waals surface area contributed by atoms with Crippen LogP contribution >= 0.6 is 11.6 Å². The lowest BCUT2D eigenvalue weighted by Crippen LogP contribution is -2.25. The van der Waals surface area contributed by atoms with E-state index in [9.17, 15) is 4.79 Å². The summed E-state index contributed by atoms with van der Waals surface area (Å²) in [4.78, 5) is 18.9. The molecule has 1 N–H and O–H groups in total. The molecule has 0 fully saturated rings. The quantitative estimate of drug-likeness (QED) is 0.779. The molecule has 0 aliphatic heterocycles. The molecule has 0 radical (unpaired) electrons. The van der Waals surface area contributed by atoms with E-state index >= 15 is 0 Å². The number of rotatable bonds is 4. The standard InChI is InChI=1S/C9H9ClN4O/c10-8-6-13-7(5-14-8)9(15)12-4-2-1-3-11/h5-6H,1-2,4H2,(H,12,15). The molecule has 1 rings (SSSR count). The molecule has 5 nitrogen and oxygen atoms in total. The van der Waals surface area contributed by atoms with E-state index in [0.717, 1.165) is 0 Å². The van der Waals surface area contributed by atoms with Crippen molar-refractivity contribution < 1.29 is 4.79 Å². The maximum absolute atomic E-state index is 11.4. The second kappa shape index (κ2) is 5.94.